The molecule has 14 heteroatoms. The molecule has 0 unspecified atom stereocenters. The van der Waals surface area contributed by atoms with Gasteiger partial charge >= 0.3 is 5.97 Å². The van der Waals surface area contributed by atoms with Crippen LogP contribution in [0.25, 0.3) is 10.8 Å². The fourth-order valence-corrected chi connectivity index (χ4v) is 13.0. The molecule has 14 nitrogen and oxygen atoms in total. The van der Waals surface area contributed by atoms with Crippen molar-refractivity contribution in [2.45, 2.75) is 95.3 Å². The summed E-state index contributed by atoms with van der Waals surface area (Å²) in [7, 11) is 1.45. The molecule has 2 aromatic heterocycles. The number of carbonyl (C=O) groups is 3. The number of hydrogen-bond acceptors (Lipinski definition) is 12. The minimum atomic E-state index is -0.800. The van der Waals surface area contributed by atoms with Crippen LogP contribution >= 0.6 is 0 Å². The second-order valence-electron chi connectivity index (χ2n) is 21.3. The fourth-order valence-electron chi connectivity index (χ4n) is 13.0. The van der Waals surface area contributed by atoms with E-state index >= 15 is 4.79 Å². The van der Waals surface area contributed by atoms with Crippen LogP contribution in [0.3, 0.4) is 0 Å². The number of nitrogens with zero attached hydrogens (tertiary/aromatic N) is 2. The second kappa shape index (κ2) is 22.0. The van der Waals surface area contributed by atoms with Gasteiger partial charge < -0.3 is 54.4 Å². The van der Waals surface area contributed by atoms with Gasteiger partial charge in [-0.15, -0.1) is 0 Å². The van der Waals surface area contributed by atoms with Crippen molar-refractivity contribution < 1.29 is 49.0 Å². The molecule has 1 spiro atoms. The molecule has 0 saturated heterocycles. The minimum absolute atomic E-state index is 0.000613. The topological polar surface area (TPSA) is 196 Å². The maximum absolute atomic E-state index is 15.1. The van der Waals surface area contributed by atoms with Gasteiger partial charge in [0.2, 0.25) is 5.75 Å². The Labute approximate surface area is 459 Å². The first-order valence-electron chi connectivity index (χ1n) is 27.0. The number of nitrogens with one attached hydrogen (secondary N) is 2. The zero-order valence-electron chi connectivity index (χ0n) is 44.4. The van der Waals surface area contributed by atoms with Crippen molar-refractivity contribution in [2.75, 3.05) is 25.1 Å². The summed E-state index contributed by atoms with van der Waals surface area (Å²) in [5.41, 5.74) is 6.47. The number of aromatic hydroxyl groups is 3. The molecule has 0 saturated carbocycles. The van der Waals surface area contributed by atoms with Crippen molar-refractivity contribution in [1.82, 2.24) is 14.9 Å². The Hall–Kier alpha value is -8.67. The number of phenols is 3. The molecule has 0 fully saturated rings. The molecule has 4 aromatic carbocycles. The predicted octanol–water partition coefficient (Wildman–Crippen LogP) is 11.3. The quantitative estimate of drug-likeness (QED) is 0.0432. The lowest BCUT2D eigenvalue weighted by Crippen LogP contribution is -2.41. The number of allylic oxidation sites excluding steroid dienone is 8. The fraction of sp³-hybridized carbons (Fsp3) is 0.308. The average molecular weight is 1060 g/mol. The highest BCUT2D eigenvalue weighted by atomic mass is 16.5. The zero-order valence-corrected chi connectivity index (χ0v) is 44.4. The first-order valence-corrected chi connectivity index (χ1v) is 27.0. The smallest absolute Gasteiger partial charge is 0.302 e. The molecule has 7 atom stereocenters. The molecule has 6 N–H and O–H groups in total. The number of benzene rings is 4. The normalized spacial score (nSPS) is 23.5. The molecule has 6 aromatic rings. The van der Waals surface area contributed by atoms with Crippen LogP contribution in [0.15, 0.2) is 157 Å². The van der Waals surface area contributed by atoms with Crippen LogP contribution < -0.4 is 19.7 Å². The first-order chi connectivity index (χ1) is 38.3. The van der Waals surface area contributed by atoms with Crippen LogP contribution in [0, 0.1) is 23.2 Å². The zero-order chi connectivity index (χ0) is 55.0. The highest BCUT2D eigenvalue weighted by molar-refractivity contribution is 5.97. The van der Waals surface area contributed by atoms with Crippen LogP contribution in [0.2, 0.25) is 0 Å². The summed E-state index contributed by atoms with van der Waals surface area (Å²) < 4.78 is 20.0. The summed E-state index contributed by atoms with van der Waals surface area (Å²) >= 11 is 0. The Bertz CT molecular complexity index is 3600. The van der Waals surface area contributed by atoms with Crippen molar-refractivity contribution in [3.8, 4) is 46.3 Å². The number of phenolic OH excluding ortho intramolecular Hbond substituents is 3. The number of carbonyl (C=O) groups excluding carboxylic acids is 3. The Balaban J connectivity index is 1.13. The van der Waals surface area contributed by atoms with Crippen LogP contribution in [0.4, 0.5) is 5.69 Å². The van der Waals surface area contributed by atoms with Crippen molar-refractivity contribution in [1.29, 1.82) is 0 Å². The highest BCUT2D eigenvalue weighted by Gasteiger charge is 2.50. The van der Waals surface area contributed by atoms with E-state index in [4.69, 9.17) is 14.2 Å². The number of rotatable bonds is 10. The lowest BCUT2D eigenvalue weighted by Gasteiger charge is -2.50. The van der Waals surface area contributed by atoms with E-state index in [2.05, 4.69) is 82.0 Å². The molecule has 6 bridgehead atoms. The number of methoxy groups -OCH3 is 1. The maximum Gasteiger partial charge on any atom is 0.302 e. The monoisotopic (exact) mass is 1060 g/mol. The number of ether oxygens (including phenoxy) is 3. The molecule has 2 aliphatic heterocycles. The Morgan fingerprint density at radius 2 is 1.72 bits per heavy atom. The first kappa shape index (κ1) is 52.4. The number of aliphatic hydroxyl groups excluding tert-OH is 1. The lowest BCUT2D eigenvalue weighted by atomic mass is 9.53. The number of esters is 1. The predicted molar refractivity (Wildman–Crippen MR) is 301 cm³/mol. The summed E-state index contributed by atoms with van der Waals surface area (Å²) in [5.74, 6) is 6.90. The van der Waals surface area contributed by atoms with Gasteiger partial charge in [0.05, 0.1) is 31.4 Å². The van der Waals surface area contributed by atoms with Gasteiger partial charge in [-0.3, -0.25) is 14.4 Å². The number of anilines is 1. The summed E-state index contributed by atoms with van der Waals surface area (Å²) in [4.78, 5) is 46.9. The van der Waals surface area contributed by atoms with Gasteiger partial charge in [0.1, 0.15) is 40.7 Å². The lowest BCUT2D eigenvalue weighted by molar-refractivity contribution is -0.148. The number of hydrogen-bond donors (Lipinski definition) is 6. The number of ketones is 2. The van der Waals surface area contributed by atoms with Crippen LogP contribution in [0.1, 0.15) is 110 Å². The summed E-state index contributed by atoms with van der Waals surface area (Å²) in [5, 5.41) is 49.3. The van der Waals surface area contributed by atoms with E-state index in [1.54, 1.807) is 31.2 Å². The van der Waals surface area contributed by atoms with Crippen molar-refractivity contribution in [3.63, 3.8) is 0 Å². The van der Waals surface area contributed by atoms with E-state index in [0.29, 0.717) is 42.3 Å². The third-order valence-corrected chi connectivity index (χ3v) is 16.5. The molecule has 404 valence electrons. The Morgan fingerprint density at radius 3 is 2.51 bits per heavy atom. The van der Waals surface area contributed by atoms with Gasteiger partial charge in [-0.1, -0.05) is 78.1 Å². The number of aromatic amines is 1. The Kier molecular flexibility index (Phi) is 14.6. The van der Waals surface area contributed by atoms with E-state index in [1.807, 2.05) is 47.3 Å². The van der Waals surface area contributed by atoms with Gasteiger partial charge in [0.25, 0.3) is 0 Å². The molecule has 5 aliphatic rings. The Morgan fingerprint density at radius 1 is 0.911 bits per heavy atom. The van der Waals surface area contributed by atoms with Crippen molar-refractivity contribution in [2.24, 2.45) is 11.3 Å². The molecule has 3 aliphatic carbocycles. The average Bonchev–Trinajstić information content (AvgIpc) is 4.18. The maximum atomic E-state index is 15.1. The van der Waals surface area contributed by atoms with Crippen molar-refractivity contribution in [3.05, 3.63) is 185 Å². The minimum Gasteiger partial charge on any atom is -0.508 e. The molecular formula is C65H64N4O10. The highest BCUT2D eigenvalue weighted by Crippen LogP contribution is 2.60. The number of aromatic nitrogens is 2. The summed E-state index contributed by atoms with van der Waals surface area (Å²) in [6.45, 7) is 3.36. The summed E-state index contributed by atoms with van der Waals surface area (Å²) in [6, 6.07) is 19.8. The molecule has 0 radical (unpaired) electrons. The standard InChI is InChI=1S/C65H64N4O10/c1-39(71)23-26-69-58-20-19-43(38-70)55-36-68(37-56(55)58)59(44-28-60(76)64(61(29-44)77-3)79-50-16-8-15-48(74)31-50)33-49(75)32-51(78-40(2)72)21-24-65-45-10-5-11-46(65)13-7-18-57(65)54-35-66-34-53(54)52(17-6-12-45)63(41-9-4-14-47(73)27-41)42-22-25-67-62(69)30-42/h4-5,7-11,14-16,18-20,22,27-31,34-37,46,51-52,57,59,63,66-67,70,73-74,76H,12-13,21,23-26,32-33,38H2,1-3H3/t46-,51-,52+,57-,59+,63-,65+/m1/s1. The number of fused-ring (bicyclic) bond motifs is 2. The van der Waals surface area contributed by atoms with E-state index < -0.39 is 29.4 Å². The van der Waals surface area contributed by atoms with E-state index in [9.17, 15) is 30.0 Å². The third kappa shape index (κ3) is 10.2. The number of H-pyrrole nitrogens is 1. The summed E-state index contributed by atoms with van der Waals surface area (Å²) in [6.07, 6.45) is 24.9. The van der Waals surface area contributed by atoms with E-state index in [-0.39, 0.29) is 96.2 Å². The second-order valence-corrected chi connectivity index (χ2v) is 21.3. The van der Waals surface area contributed by atoms with Crippen LogP contribution in [-0.2, 0) is 25.7 Å². The molecule has 11 rings (SSSR count). The van der Waals surface area contributed by atoms with Gasteiger partial charge in [0.15, 0.2) is 11.5 Å². The van der Waals surface area contributed by atoms with E-state index in [0.717, 1.165) is 45.6 Å². The molecule has 4 heterocycles. The van der Waals surface area contributed by atoms with Gasteiger partial charge in [-0.05, 0) is 114 Å². The number of Topliss-reactive ketones (excluding diaryl/α,β-unsaturated/α-hetero) is 2. The van der Waals surface area contributed by atoms with Gasteiger partial charge in [-0.2, -0.15) is 0 Å². The number of aliphatic hydroxyl groups is 1. The van der Waals surface area contributed by atoms with Gasteiger partial charge in [-0.25, -0.2) is 0 Å². The number of dihydropyridines is 1. The molecule has 0 amide bonds. The van der Waals surface area contributed by atoms with Gasteiger partial charge in [0, 0.05) is 105 Å². The molecular weight excluding hydrogens is 997 g/mol. The van der Waals surface area contributed by atoms with Crippen LogP contribution in [-0.4, -0.2) is 73.8 Å². The molecule has 79 heavy (non-hydrogen) atoms. The van der Waals surface area contributed by atoms with E-state index in [1.165, 1.54) is 37.8 Å². The third-order valence-electron chi connectivity index (χ3n) is 16.5. The van der Waals surface area contributed by atoms with Crippen LogP contribution in [0.5, 0.6) is 34.5 Å². The SMILES string of the molecule is COc1cc([C@@H]2CC(=O)C[C@H](OC(C)=O)CC[C@]34C5=CC=C[C@@H]3CC=C[C@@H]4c3c[nH]cc3[C@H](C#CC5)[C@H](c3cccc(O)c3)C3=CCNC(=C3)N(CCC(C)=O)c3ccc(CO)c4cn2cc34)cc(O)c1Oc1cccc(O)c1. The largest absolute Gasteiger partial charge is 0.508 e. The van der Waals surface area contributed by atoms with Crippen molar-refractivity contribution >= 4 is 34.0 Å².